The first-order valence-corrected chi connectivity index (χ1v) is 10.7. The molecule has 0 aliphatic rings. The Hall–Kier alpha value is -0.643. The molecule has 0 unspecified atom stereocenters. The molecule has 0 saturated heterocycles. The molecule has 2 nitrogen and oxygen atoms in total. The summed E-state index contributed by atoms with van der Waals surface area (Å²) >= 11 is 0. The van der Waals surface area contributed by atoms with Crippen molar-refractivity contribution < 1.29 is 4.74 Å². The van der Waals surface area contributed by atoms with Crippen molar-refractivity contribution in [3.63, 3.8) is 0 Å². The number of hydrogen-bond acceptors (Lipinski definition) is 2. The molecule has 0 amide bonds. The van der Waals surface area contributed by atoms with Gasteiger partial charge in [0.15, 0.2) is 0 Å². The van der Waals surface area contributed by atoms with Gasteiger partial charge in [0.1, 0.15) is 0 Å². The summed E-state index contributed by atoms with van der Waals surface area (Å²) in [7, 11) is 0.986. The van der Waals surface area contributed by atoms with Crippen molar-refractivity contribution in [3.05, 3.63) is 29.8 Å². The average molecular weight is 280 g/mol. The van der Waals surface area contributed by atoms with Crippen LogP contribution in [-0.2, 0) is 11.3 Å². The summed E-state index contributed by atoms with van der Waals surface area (Å²) in [6.07, 6.45) is 0.324. The van der Waals surface area contributed by atoms with Crippen LogP contribution in [-0.4, -0.2) is 39.3 Å². The van der Waals surface area contributed by atoms with Crippen LogP contribution in [0.15, 0.2) is 24.3 Å². The quantitative estimate of drug-likeness (QED) is 0.711. The molecule has 3 heteroatoms. The van der Waals surface area contributed by atoms with Crippen LogP contribution in [0, 0.1) is 0 Å². The highest BCUT2D eigenvalue weighted by molar-refractivity contribution is 6.88. The van der Waals surface area contributed by atoms with Crippen LogP contribution in [0.2, 0.25) is 19.6 Å². The maximum Gasteiger partial charge on any atom is 0.0775 e. The fraction of sp³-hybridized carbons (Fsp3) is 0.625. The topological polar surface area (TPSA) is 12.5 Å². The second-order valence-electron chi connectivity index (χ2n) is 6.60. The minimum Gasteiger partial charge on any atom is -0.377 e. The Morgan fingerprint density at radius 1 is 1.11 bits per heavy atom. The Morgan fingerprint density at radius 2 is 1.68 bits per heavy atom. The van der Waals surface area contributed by atoms with Crippen molar-refractivity contribution in [2.45, 2.75) is 46.1 Å². The van der Waals surface area contributed by atoms with E-state index in [0.717, 1.165) is 19.7 Å². The molecule has 0 aliphatic carbocycles. The first kappa shape index (κ1) is 16.4. The summed E-state index contributed by atoms with van der Waals surface area (Å²) in [5.41, 5.74) is 1.38. The number of likely N-dealkylation sites (N-methyl/N-ethyl adjacent to an activating group) is 1. The molecule has 0 atom stereocenters. The lowest BCUT2D eigenvalue weighted by molar-refractivity contribution is 0.0627. The zero-order valence-electron chi connectivity index (χ0n) is 13.4. The van der Waals surface area contributed by atoms with Gasteiger partial charge in [-0.3, -0.25) is 4.90 Å². The van der Waals surface area contributed by atoms with Crippen LogP contribution < -0.4 is 5.19 Å². The summed E-state index contributed by atoms with van der Waals surface area (Å²) in [6, 6.07) is 9.15. The highest BCUT2D eigenvalue weighted by Crippen LogP contribution is 2.06. The average Bonchev–Trinajstić information content (AvgIpc) is 2.27. The third-order valence-electron chi connectivity index (χ3n) is 3.20. The fourth-order valence-electron chi connectivity index (χ4n) is 1.95. The molecular formula is C16H29NOSi. The molecular weight excluding hydrogens is 250 g/mol. The maximum atomic E-state index is 5.58. The number of nitrogens with zero attached hydrogens (tertiary/aromatic N) is 1. The number of rotatable bonds is 7. The van der Waals surface area contributed by atoms with E-state index in [2.05, 4.69) is 69.7 Å². The van der Waals surface area contributed by atoms with Crippen molar-refractivity contribution in [1.82, 2.24) is 4.90 Å². The van der Waals surface area contributed by atoms with Gasteiger partial charge in [-0.2, -0.15) is 0 Å². The zero-order chi connectivity index (χ0) is 14.5. The molecule has 19 heavy (non-hydrogen) atoms. The summed E-state index contributed by atoms with van der Waals surface area (Å²) < 4.78 is 5.58. The van der Waals surface area contributed by atoms with E-state index in [1.807, 2.05) is 0 Å². The van der Waals surface area contributed by atoms with E-state index in [1.54, 1.807) is 0 Å². The molecule has 0 spiro atoms. The third-order valence-corrected chi connectivity index (χ3v) is 5.26. The van der Waals surface area contributed by atoms with E-state index in [-0.39, 0.29) is 0 Å². The predicted molar refractivity (Wildman–Crippen MR) is 86.8 cm³/mol. The second kappa shape index (κ2) is 7.22. The van der Waals surface area contributed by atoms with Crippen LogP contribution in [0.3, 0.4) is 0 Å². The van der Waals surface area contributed by atoms with E-state index in [9.17, 15) is 0 Å². The van der Waals surface area contributed by atoms with Gasteiger partial charge >= 0.3 is 0 Å². The highest BCUT2D eigenvalue weighted by Gasteiger charge is 2.15. The monoisotopic (exact) mass is 279 g/mol. The van der Waals surface area contributed by atoms with Gasteiger partial charge in [-0.1, -0.05) is 49.1 Å². The summed E-state index contributed by atoms with van der Waals surface area (Å²) in [5, 5.41) is 1.53. The van der Waals surface area contributed by atoms with Gasteiger partial charge in [0, 0.05) is 13.1 Å². The van der Waals surface area contributed by atoms with Crippen LogP contribution in [0.5, 0.6) is 0 Å². The molecule has 0 aliphatic heterocycles. The Balaban J connectivity index is 2.44. The summed E-state index contributed by atoms with van der Waals surface area (Å²) in [5.74, 6) is 0. The van der Waals surface area contributed by atoms with E-state index in [4.69, 9.17) is 4.74 Å². The zero-order valence-corrected chi connectivity index (χ0v) is 14.4. The van der Waals surface area contributed by atoms with Gasteiger partial charge in [0.25, 0.3) is 0 Å². The number of hydrogen-bond donors (Lipinski definition) is 0. The molecule has 0 N–H and O–H groups in total. The normalized spacial score (nSPS) is 12.4. The molecule has 0 fully saturated rings. The van der Waals surface area contributed by atoms with Gasteiger partial charge in [-0.05, 0) is 26.5 Å². The minimum atomic E-state index is -1.16. The second-order valence-corrected chi connectivity index (χ2v) is 11.7. The van der Waals surface area contributed by atoms with E-state index >= 15 is 0 Å². The lowest BCUT2D eigenvalue weighted by Gasteiger charge is -2.20. The van der Waals surface area contributed by atoms with Crippen LogP contribution in [0.4, 0.5) is 0 Å². The van der Waals surface area contributed by atoms with Gasteiger partial charge in [0.2, 0.25) is 0 Å². The first-order chi connectivity index (χ1) is 8.79. The van der Waals surface area contributed by atoms with E-state index < -0.39 is 8.07 Å². The highest BCUT2D eigenvalue weighted by atomic mass is 28.3. The van der Waals surface area contributed by atoms with Crippen molar-refractivity contribution in [3.8, 4) is 0 Å². The Morgan fingerprint density at radius 3 is 2.16 bits per heavy atom. The molecule has 0 heterocycles. The van der Waals surface area contributed by atoms with E-state index in [1.165, 1.54) is 10.8 Å². The van der Waals surface area contributed by atoms with Crippen molar-refractivity contribution >= 4 is 13.3 Å². The molecule has 0 radical (unpaired) electrons. The van der Waals surface area contributed by atoms with Crippen LogP contribution >= 0.6 is 0 Å². The lowest BCUT2D eigenvalue weighted by atomic mass is 10.2. The van der Waals surface area contributed by atoms with Gasteiger partial charge in [-0.15, -0.1) is 0 Å². The van der Waals surface area contributed by atoms with Crippen molar-refractivity contribution in [2.75, 3.05) is 20.2 Å². The molecule has 1 rings (SSSR count). The lowest BCUT2D eigenvalue weighted by Crippen LogP contribution is -2.37. The maximum absolute atomic E-state index is 5.58. The molecule has 0 aromatic heterocycles. The number of benzene rings is 1. The molecule has 0 saturated carbocycles. The SMILES string of the molecule is CC(C)OCCN(C)Cc1ccc([Si](C)(C)C)cc1. The summed E-state index contributed by atoms with van der Waals surface area (Å²) in [4.78, 5) is 2.31. The van der Waals surface area contributed by atoms with Crippen LogP contribution in [0.1, 0.15) is 19.4 Å². The third kappa shape index (κ3) is 6.37. The Labute approximate surface area is 119 Å². The molecule has 0 bridgehead atoms. The Kier molecular flexibility index (Phi) is 6.24. The fourth-order valence-corrected chi connectivity index (χ4v) is 3.11. The van der Waals surface area contributed by atoms with Crippen molar-refractivity contribution in [1.29, 1.82) is 0 Å². The van der Waals surface area contributed by atoms with Crippen molar-refractivity contribution in [2.24, 2.45) is 0 Å². The van der Waals surface area contributed by atoms with Gasteiger partial charge in [0.05, 0.1) is 20.8 Å². The largest absolute Gasteiger partial charge is 0.377 e. The van der Waals surface area contributed by atoms with E-state index in [0.29, 0.717) is 6.10 Å². The Bertz CT molecular complexity index is 367. The molecule has 108 valence electrons. The first-order valence-electron chi connectivity index (χ1n) is 7.18. The summed E-state index contributed by atoms with van der Waals surface area (Å²) in [6.45, 7) is 14.1. The predicted octanol–water partition coefficient (Wildman–Crippen LogP) is 3.09. The number of ether oxygens (including phenoxy) is 1. The van der Waals surface area contributed by atoms with Crippen LogP contribution in [0.25, 0.3) is 0 Å². The molecule has 1 aromatic carbocycles. The standard InChI is InChI=1S/C16H29NOSi/c1-14(2)18-12-11-17(3)13-15-7-9-16(10-8-15)19(4,5)6/h7-10,14H,11-13H2,1-6H3. The molecule has 1 aromatic rings. The van der Waals surface area contributed by atoms with Gasteiger partial charge < -0.3 is 4.74 Å². The smallest absolute Gasteiger partial charge is 0.0775 e. The minimum absolute atomic E-state index is 0.324. The van der Waals surface area contributed by atoms with Gasteiger partial charge in [-0.25, -0.2) is 0 Å².